The molecule has 2 atom stereocenters. The van der Waals surface area contributed by atoms with Gasteiger partial charge in [-0.3, -0.25) is 4.21 Å². The lowest BCUT2D eigenvalue weighted by molar-refractivity contribution is -0.137. The summed E-state index contributed by atoms with van der Waals surface area (Å²) >= 11 is 3.02. The SMILES string of the molecule is CC(CNc1ccc(Br)cc1C(F)(F)F)S(C)=O. The summed E-state index contributed by atoms with van der Waals surface area (Å²) in [7, 11) is -1.07. The van der Waals surface area contributed by atoms with E-state index < -0.39 is 22.5 Å². The molecule has 1 N–H and O–H groups in total. The highest BCUT2D eigenvalue weighted by atomic mass is 79.9. The van der Waals surface area contributed by atoms with Crippen LogP contribution in [0, 0.1) is 0 Å². The summed E-state index contributed by atoms with van der Waals surface area (Å²) in [5, 5.41) is 2.48. The van der Waals surface area contributed by atoms with Gasteiger partial charge in [0.2, 0.25) is 0 Å². The second-order valence-electron chi connectivity index (χ2n) is 3.88. The summed E-state index contributed by atoms with van der Waals surface area (Å²) in [6.45, 7) is 1.95. The second kappa shape index (κ2) is 6.06. The Labute approximate surface area is 115 Å². The van der Waals surface area contributed by atoms with Crippen LogP contribution in [0.1, 0.15) is 12.5 Å². The van der Waals surface area contributed by atoms with Gasteiger partial charge in [-0.2, -0.15) is 13.2 Å². The quantitative estimate of drug-likeness (QED) is 0.904. The fourth-order valence-electron chi connectivity index (χ4n) is 1.28. The molecule has 7 heteroatoms. The Morgan fingerprint density at radius 2 is 2.06 bits per heavy atom. The molecule has 0 amide bonds. The molecule has 1 rings (SSSR count). The predicted molar refractivity (Wildman–Crippen MR) is 71.2 cm³/mol. The van der Waals surface area contributed by atoms with E-state index in [-0.39, 0.29) is 17.5 Å². The molecule has 1 aromatic carbocycles. The normalized spacial score (nSPS) is 15.2. The fourth-order valence-corrected chi connectivity index (χ4v) is 1.96. The van der Waals surface area contributed by atoms with Crippen LogP contribution < -0.4 is 5.32 Å². The maximum atomic E-state index is 12.8. The monoisotopic (exact) mass is 343 g/mol. The van der Waals surface area contributed by atoms with Crippen LogP contribution in [0.4, 0.5) is 18.9 Å². The molecular weight excluding hydrogens is 331 g/mol. The molecule has 0 heterocycles. The first-order valence-corrected chi connectivity index (χ1v) is 7.56. The van der Waals surface area contributed by atoms with Crippen LogP contribution in [0.2, 0.25) is 0 Å². The van der Waals surface area contributed by atoms with Gasteiger partial charge in [0.25, 0.3) is 0 Å². The van der Waals surface area contributed by atoms with Gasteiger partial charge in [0, 0.05) is 39.0 Å². The van der Waals surface area contributed by atoms with Gasteiger partial charge in [0.1, 0.15) is 0 Å². The van der Waals surface area contributed by atoms with Gasteiger partial charge in [-0.1, -0.05) is 15.9 Å². The van der Waals surface area contributed by atoms with Crippen LogP contribution in [0.25, 0.3) is 0 Å². The van der Waals surface area contributed by atoms with Gasteiger partial charge in [-0.15, -0.1) is 0 Å². The zero-order valence-electron chi connectivity index (χ0n) is 9.84. The van der Waals surface area contributed by atoms with E-state index in [1.807, 2.05) is 0 Å². The molecule has 0 aromatic heterocycles. The maximum absolute atomic E-state index is 12.8. The van der Waals surface area contributed by atoms with Crippen molar-refractivity contribution < 1.29 is 17.4 Å². The van der Waals surface area contributed by atoms with Crippen LogP contribution in [-0.2, 0) is 17.0 Å². The van der Waals surface area contributed by atoms with Crippen molar-refractivity contribution in [2.45, 2.75) is 18.3 Å². The summed E-state index contributed by atoms with van der Waals surface area (Å²) < 4.78 is 49.9. The molecule has 18 heavy (non-hydrogen) atoms. The lowest BCUT2D eigenvalue weighted by Gasteiger charge is -2.16. The van der Waals surface area contributed by atoms with Crippen molar-refractivity contribution in [2.75, 3.05) is 18.1 Å². The standard InChI is InChI=1S/C11H13BrF3NOS/c1-7(18(2)17)6-16-10-4-3-8(12)5-9(10)11(13,14)15/h3-5,7,16H,6H2,1-2H3. The molecule has 0 aliphatic carbocycles. The molecule has 2 unspecified atom stereocenters. The van der Waals surface area contributed by atoms with E-state index in [1.54, 1.807) is 6.92 Å². The number of halogens is 4. The molecule has 0 saturated heterocycles. The average Bonchev–Trinajstić information content (AvgIpc) is 2.25. The van der Waals surface area contributed by atoms with E-state index in [1.165, 1.54) is 18.4 Å². The molecular formula is C11H13BrF3NOS. The van der Waals surface area contributed by atoms with Crippen molar-refractivity contribution in [3.05, 3.63) is 28.2 Å². The number of benzene rings is 1. The third kappa shape index (κ3) is 4.28. The zero-order valence-corrected chi connectivity index (χ0v) is 12.2. The molecule has 0 aliphatic rings. The lowest BCUT2D eigenvalue weighted by atomic mass is 10.1. The first-order valence-electron chi connectivity index (χ1n) is 5.14. The summed E-state index contributed by atoms with van der Waals surface area (Å²) in [6.07, 6.45) is -2.89. The van der Waals surface area contributed by atoms with E-state index in [0.717, 1.165) is 6.07 Å². The molecule has 0 bridgehead atoms. The molecule has 0 saturated carbocycles. The number of hydrogen-bond acceptors (Lipinski definition) is 2. The number of hydrogen-bond donors (Lipinski definition) is 1. The van der Waals surface area contributed by atoms with Gasteiger partial charge in [0.05, 0.1) is 5.56 Å². The highest BCUT2D eigenvalue weighted by molar-refractivity contribution is 9.10. The minimum Gasteiger partial charge on any atom is -0.383 e. The Balaban J connectivity index is 2.92. The molecule has 1 aromatic rings. The molecule has 0 fully saturated rings. The molecule has 102 valence electrons. The van der Waals surface area contributed by atoms with Crippen molar-refractivity contribution in [1.29, 1.82) is 0 Å². The minimum absolute atomic E-state index is 0.00278. The van der Waals surface area contributed by atoms with Gasteiger partial charge in [-0.05, 0) is 25.1 Å². The summed E-state index contributed by atoms with van der Waals surface area (Å²) in [4.78, 5) is 0. The Morgan fingerprint density at radius 3 is 2.56 bits per heavy atom. The third-order valence-electron chi connectivity index (χ3n) is 2.43. The fraction of sp³-hybridized carbons (Fsp3) is 0.455. The zero-order chi connectivity index (χ0) is 13.9. The van der Waals surface area contributed by atoms with Crippen LogP contribution in [0.3, 0.4) is 0 Å². The number of alkyl halides is 3. The van der Waals surface area contributed by atoms with Gasteiger partial charge in [0.15, 0.2) is 0 Å². The Bertz CT molecular complexity index is 450. The highest BCUT2D eigenvalue weighted by Gasteiger charge is 2.33. The maximum Gasteiger partial charge on any atom is 0.418 e. The smallest absolute Gasteiger partial charge is 0.383 e. The number of anilines is 1. The third-order valence-corrected chi connectivity index (χ3v) is 4.23. The Morgan fingerprint density at radius 1 is 1.44 bits per heavy atom. The van der Waals surface area contributed by atoms with E-state index in [2.05, 4.69) is 21.2 Å². The van der Waals surface area contributed by atoms with Crippen molar-refractivity contribution in [3.63, 3.8) is 0 Å². The second-order valence-corrected chi connectivity index (χ2v) is 6.60. The van der Waals surface area contributed by atoms with Crippen molar-refractivity contribution in [3.8, 4) is 0 Å². The molecule has 0 radical (unpaired) electrons. The first kappa shape index (κ1) is 15.5. The van der Waals surface area contributed by atoms with E-state index in [0.29, 0.717) is 4.47 Å². The van der Waals surface area contributed by atoms with Crippen molar-refractivity contribution >= 4 is 32.4 Å². The Hall–Kier alpha value is -0.560. The average molecular weight is 344 g/mol. The van der Waals surface area contributed by atoms with E-state index >= 15 is 0 Å². The first-order chi connectivity index (χ1) is 8.21. The summed E-state index contributed by atoms with van der Waals surface area (Å²) in [5.41, 5.74) is -0.728. The van der Waals surface area contributed by atoms with Crippen LogP contribution >= 0.6 is 15.9 Å². The molecule has 0 spiro atoms. The van der Waals surface area contributed by atoms with Gasteiger partial charge < -0.3 is 5.32 Å². The van der Waals surface area contributed by atoms with Gasteiger partial charge in [-0.25, -0.2) is 0 Å². The predicted octanol–water partition coefficient (Wildman–Crippen LogP) is 3.65. The van der Waals surface area contributed by atoms with Gasteiger partial charge >= 0.3 is 6.18 Å². The van der Waals surface area contributed by atoms with Crippen LogP contribution in [-0.4, -0.2) is 22.3 Å². The van der Waals surface area contributed by atoms with E-state index in [9.17, 15) is 17.4 Å². The Kier molecular flexibility index (Phi) is 5.21. The topological polar surface area (TPSA) is 29.1 Å². The molecule has 0 aliphatic heterocycles. The van der Waals surface area contributed by atoms with Crippen molar-refractivity contribution in [1.82, 2.24) is 0 Å². The lowest BCUT2D eigenvalue weighted by Crippen LogP contribution is -2.22. The van der Waals surface area contributed by atoms with Crippen LogP contribution in [0.5, 0.6) is 0 Å². The van der Waals surface area contributed by atoms with Crippen molar-refractivity contribution in [2.24, 2.45) is 0 Å². The largest absolute Gasteiger partial charge is 0.418 e. The van der Waals surface area contributed by atoms with Crippen LogP contribution in [0.15, 0.2) is 22.7 Å². The van der Waals surface area contributed by atoms with E-state index in [4.69, 9.17) is 0 Å². The minimum atomic E-state index is -4.42. The summed E-state index contributed by atoms with van der Waals surface area (Å²) in [5.74, 6) is 0. The highest BCUT2D eigenvalue weighted by Crippen LogP contribution is 2.36. The number of rotatable bonds is 4. The number of nitrogens with one attached hydrogen (secondary N) is 1. The summed E-state index contributed by atoms with van der Waals surface area (Å²) in [6, 6.07) is 3.92. The molecule has 2 nitrogen and oxygen atoms in total.